The van der Waals surface area contributed by atoms with E-state index < -0.39 is 0 Å². The van der Waals surface area contributed by atoms with E-state index in [1.165, 1.54) is 16.9 Å². The molecule has 0 bridgehead atoms. The van der Waals surface area contributed by atoms with Gasteiger partial charge in [-0.05, 0) is 18.4 Å². The van der Waals surface area contributed by atoms with Crippen LogP contribution in [0.2, 0.25) is 0 Å². The lowest BCUT2D eigenvalue weighted by Gasteiger charge is -2.40. The summed E-state index contributed by atoms with van der Waals surface area (Å²) in [7, 11) is 1.82. The number of piperidine rings is 1. The van der Waals surface area contributed by atoms with Gasteiger partial charge in [-0.1, -0.05) is 37.3 Å². The summed E-state index contributed by atoms with van der Waals surface area (Å²) in [6.45, 7) is 3.82. The van der Waals surface area contributed by atoms with E-state index in [1.807, 2.05) is 23.4 Å². The molecular weight excluding hydrogens is 294 g/mol. The van der Waals surface area contributed by atoms with Crippen LogP contribution in [-0.4, -0.2) is 35.9 Å². The predicted octanol–water partition coefficient (Wildman–Crippen LogP) is 3.38. The first kappa shape index (κ1) is 15.0. The van der Waals surface area contributed by atoms with Gasteiger partial charge in [-0.2, -0.15) is 0 Å². The largest absolute Gasteiger partial charge is 0.365 e. The van der Waals surface area contributed by atoms with Crippen LogP contribution in [0.25, 0.3) is 0 Å². The average molecular weight is 315 g/mol. The molecule has 5 heteroatoms. The lowest BCUT2D eigenvalue weighted by Crippen LogP contribution is -2.47. The van der Waals surface area contributed by atoms with E-state index in [0.717, 1.165) is 31.1 Å². The molecule has 4 nitrogen and oxygen atoms in total. The quantitative estimate of drug-likeness (QED) is 0.944. The zero-order valence-electron chi connectivity index (χ0n) is 13.0. The van der Waals surface area contributed by atoms with Gasteiger partial charge in [-0.3, -0.25) is 4.79 Å². The van der Waals surface area contributed by atoms with E-state index in [-0.39, 0.29) is 11.3 Å². The Bertz CT molecular complexity index is 655. The summed E-state index contributed by atoms with van der Waals surface area (Å²) in [6, 6.07) is 10.5. The van der Waals surface area contributed by atoms with Crippen LogP contribution in [0, 0.1) is 0 Å². The average Bonchev–Trinajstić information content (AvgIpc) is 3.04. The van der Waals surface area contributed by atoms with Crippen molar-refractivity contribution in [2.24, 2.45) is 0 Å². The van der Waals surface area contributed by atoms with Crippen molar-refractivity contribution in [3.63, 3.8) is 0 Å². The Hall–Kier alpha value is -1.88. The number of likely N-dealkylation sites (tertiary alicyclic amines) is 1. The van der Waals surface area contributed by atoms with Crippen LogP contribution < -0.4 is 5.32 Å². The molecule has 1 atom stereocenters. The molecule has 0 aliphatic carbocycles. The number of anilines is 1. The Balaban J connectivity index is 1.79. The van der Waals surface area contributed by atoms with Crippen molar-refractivity contribution < 1.29 is 4.79 Å². The van der Waals surface area contributed by atoms with Gasteiger partial charge in [0.1, 0.15) is 5.69 Å². The van der Waals surface area contributed by atoms with E-state index in [1.54, 1.807) is 0 Å². The first-order valence-electron chi connectivity index (χ1n) is 7.60. The minimum atomic E-state index is 0.0248. The van der Waals surface area contributed by atoms with Gasteiger partial charge in [0.15, 0.2) is 5.13 Å². The minimum absolute atomic E-state index is 0.0248. The van der Waals surface area contributed by atoms with Gasteiger partial charge in [0.05, 0.1) is 0 Å². The molecule has 1 fully saturated rings. The SMILES string of the molecule is CNc1nc(C(=O)N2CCC[C@@](C)(c3ccccc3)C2)cs1. The lowest BCUT2D eigenvalue weighted by atomic mass is 9.76. The van der Waals surface area contributed by atoms with Crippen molar-refractivity contribution in [2.45, 2.75) is 25.2 Å². The molecule has 116 valence electrons. The first-order valence-corrected chi connectivity index (χ1v) is 8.48. The van der Waals surface area contributed by atoms with Crippen LogP contribution >= 0.6 is 11.3 Å². The molecular formula is C17H21N3OS. The number of aromatic nitrogens is 1. The van der Waals surface area contributed by atoms with E-state index >= 15 is 0 Å². The molecule has 3 rings (SSSR count). The normalized spacial score (nSPS) is 21.6. The van der Waals surface area contributed by atoms with E-state index in [0.29, 0.717) is 5.69 Å². The van der Waals surface area contributed by atoms with Gasteiger partial charge in [0, 0.05) is 30.9 Å². The molecule has 0 spiro atoms. The summed E-state index contributed by atoms with van der Waals surface area (Å²) in [6.07, 6.45) is 2.14. The zero-order valence-corrected chi connectivity index (χ0v) is 13.8. The molecule has 1 aromatic carbocycles. The zero-order chi connectivity index (χ0) is 15.6. The van der Waals surface area contributed by atoms with Gasteiger partial charge in [-0.15, -0.1) is 11.3 Å². The molecule has 0 saturated carbocycles. The Morgan fingerprint density at radius 1 is 1.36 bits per heavy atom. The summed E-state index contributed by atoms with van der Waals surface area (Å²) >= 11 is 1.47. The van der Waals surface area contributed by atoms with Gasteiger partial charge < -0.3 is 10.2 Å². The maximum atomic E-state index is 12.7. The summed E-state index contributed by atoms with van der Waals surface area (Å²) in [5, 5.41) is 5.60. The van der Waals surface area contributed by atoms with Gasteiger partial charge >= 0.3 is 0 Å². The van der Waals surface area contributed by atoms with Crippen LogP contribution in [0.1, 0.15) is 35.8 Å². The monoisotopic (exact) mass is 315 g/mol. The number of hydrogen-bond donors (Lipinski definition) is 1. The fraction of sp³-hybridized carbons (Fsp3) is 0.412. The topological polar surface area (TPSA) is 45.2 Å². The summed E-state index contributed by atoms with van der Waals surface area (Å²) in [5.41, 5.74) is 1.88. The first-order chi connectivity index (χ1) is 10.6. The summed E-state index contributed by atoms with van der Waals surface area (Å²) < 4.78 is 0. The molecule has 1 aliphatic heterocycles. The number of benzene rings is 1. The van der Waals surface area contributed by atoms with Crippen LogP contribution in [0.3, 0.4) is 0 Å². The summed E-state index contributed by atoms with van der Waals surface area (Å²) in [5.74, 6) is 0.0413. The van der Waals surface area contributed by atoms with Crippen LogP contribution in [-0.2, 0) is 5.41 Å². The van der Waals surface area contributed by atoms with Crippen molar-refractivity contribution in [3.8, 4) is 0 Å². The third-order valence-electron chi connectivity index (χ3n) is 4.39. The molecule has 2 aromatic rings. The summed E-state index contributed by atoms with van der Waals surface area (Å²) in [4.78, 5) is 19.0. The second-order valence-corrected chi connectivity index (χ2v) is 6.90. The Morgan fingerprint density at radius 2 is 2.14 bits per heavy atom. The van der Waals surface area contributed by atoms with E-state index in [9.17, 15) is 4.79 Å². The van der Waals surface area contributed by atoms with Crippen molar-refractivity contribution in [1.82, 2.24) is 9.88 Å². The van der Waals surface area contributed by atoms with E-state index in [4.69, 9.17) is 0 Å². The minimum Gasteiger partial charge on any atom is -0.365 e. The fourth-order valence-electron chi connectivity index (χ4n) is 3.14. The number of nitrogens with zero attached hydrogens (tertiary/aromatic N) is 2. The number of nitrogens with one attached hydrogen (secondary N) is 1. The maximum absolute atomic E-state index is 12.7. The molecule has 22 heavy (non-hydrogen) atoms. The molecule has 1 aliphatic rings. The van der Waals surface area contributed by atoms with Crippen LogP contribution in [0.5, 0.6) is 0 Å². The van der Waals surface area contributed by atoms with Crippen LogP contribution in [0.15, 0.2) is 35.7 Å². The Morgan fingerprint density at radius 3 is 2.82 bits per heavy atom. The Kier molecular flexibility index (Phi) is 4.16. The third kappa shape index (κ3) is 2.86. The smallest absolute Gasteiger partial charge is 0.273 e. The second kappa shape index (κ2) is 6.08. The van der Waals surface area contributed by atoms with Crippen molar-refractivity contribution in [2.75, 3.05) is 25.5 Å². The molecule has 1 aromatic heterocycles. The molecule has 0 unspecified atom stereocenters. The highest BCUT2D eigenvalue weighted by Gasteiger charge is 2.35. The van der Waals surface area contributed by atoms with E-state index in [2.05, 4.69) is 41.5 Å². The number of rotatable bonds is 3. The number of thiazole rings is 1. The fourth-order valence-corrected chi connectivity index (χ4v) is 3.78. The van der Waals surface area contributed by atoms with Crippen molar-refractivity contribution in [1.29, 1.82) is 0 Å². The number of amides is 1. The lowest BCUT2D eigenvalue weighted by molar-refractivity contribution is 0.0646. The third-order valence-corrected chi connectivity index (χ3v) is 5.25. The highest BCUT2D eigenvalue weighted by atomic mass is 32.1. The maximum Gasteiger partial charge on any atom is 0.273 e. The Labute approximate surface area is 135 Å². The van der Waals surface area contributed by atoms with Gasteiger partial charge in [-0.25, -0.2) is 4.98 Å². The van der Waals surface area contributed by atoms with Crippen molar-refractivity contribution in [3.05, 3.63) is 47.0 Å². The number of carbonyl (C=O) groups excluding carboxylic acids is 1. The van der Waals surface area contributed by atoms with Crippen LogP contribution in [0.4, 0.5) is 5.13 Å². The number of carbonyl (C=O) groups is 1. The molecule has 1 amide bonds. The molecule has 1 N–H and O–H groups in total. The highest BCUT2D eigenvalue weighted by molar-refractivity contribution is 7.13. The standard InChI is InChI=1S/C17H21N3OS/c1-17(13-7-4-3-5-8-13)9-6-10-20(12-17)15(21)14-11-22-16(18-2)19-14/h3-5,7-8,11H,6,9-10,12H2,1-2H3,(H,18,19)/t17-/m1/s1. The molecule has 1 saturated heterocycles. The number of hydrogen-bond acceptors (Lipinski definition) is 4. The molecule has 2 heterocycles. The highest BCUT2D eigenvalue weighted by Crippen LogP contribution is 2.34. The van der Waals surface area contributed by atoms with Gasteiger partial charge in [0.2, 0.25) is 0 Å². The molecule has 0 radical (unpaired) electrons. The van der Waals surface area contributed by atoms with Gasteiger partial charge in [0.25, 0.3) is 5.91 Å². The van der Waals surface area contributed by atoms with Crippen molar-refractivity contribution >= 4 is 22.4 Å². The predicted molar refractivity (Wildman–Crippen MR) is 90.6 cm³/mol. The second-order valence-electron chi connectivity index (χ2n) is 6.04.